The van der Waals surface area contributed by atoms with Crippen LogP contribution in [0.4, 0.5) is 4.39 Å². The molecule has 1 aliphatic rings. The number of halogens is 2. The number of nitrogens with one attached hydrogen (secondary N) is 1. The van der Waals surface area contributed by atoms with E-state index in [1.165, 1.54) is 19.1 Å². The number of amides is 1. The van der Waals surface area contributed by atoms with Gasteiger partial charge in [0, 0.05) is 30.9 Å². The van der Waals surface area contributed by atoms with E-state index in [1.54, 1.807) is 30.3 Å². The van der Waals surface area contributed by atoms with Crippen LogP contribution < -0.4 is 10.1 Å². The van der Waals surface area contributed by atoms with Crippen molar-refractivity contribution in [1.82, 2.24) is 5.32 Å². The Bertz CT molecular complexity index is 936. The zero-order valence-electron chi connectivity index (χ0n) is 16.7. The Kier molecular flexibility index (Phi) is 6.63. The predicted octanol–water partition coefficient (Wildman–Crippen LogP) is 4.43. The molecule has 1 saturated heterocycles. The van der Waals surface area contributed by atoms with Gasteiger partial charge in [0.2, 0.25) is 5.91 Å². The van der Waals surface area contributed by atoms with Gasteiger partial charge in [0.1, 0.15) is 11.6 Å². The Balaban J connectivity index is 1.98. The number of carboxylic acid groups (broad SMARTS) is 1. The lowest BCUT2D eigenvalue weighted by atomic mass is 9.81. The number of hydrogen-bond donors (Lipinski definition) is 2. The van der Waals surface area contributed by atoms with Crippen LogP contribution in [0, 0.1) is 5.82 Å². The molecule has 0 radical (unpaired) electrons. The lowest BCUT2D eigenvalue weighted by molar-refractivity contribution is -0.139. The van der Waals surface area contributed by atoms with Gasteiger partial charge in [-0.3, -0.25) is 4.79 Å². The van der Waals surface area contributed by atoms with Gasteiger partial charge in [-0.05, 0) is 30.7 Å². The number of carbonyl (C=O) groups is 2. The Morgan fingerprint density at radius 2 is 1.90 bits per heavy atom. The standard InChI is InChI=1S/C22H23ClFNO5/c1-13(26)25-22(2)10-18(14-6-8-15(24)9-7-14)30-19(11-22)16-4-3-5-17(23)21(16)29-12-20(27)28/h3-9,18-19H,10-12H2,1-2H3,(H,25,26)(H,27,28)/t18-,19+,22+/m0/s1. The second kappa shape index (κ2) is 9.02. The van der Waals surface area contributed by atoms with Crippen LogP contribution in [0.3, 0.4) is 0 Å². The Hall–Kier alpha value is -2.64. The number of carbonyl (C=O) groups excluding carboxylic acids is 1. The first-order valence-corrected chi connectivity index (χ1v) is 9.87. The molecule has 2 N–H and O–H groups in total. The minimum Gasteiger partial charge on any atom is -0.480 e. The van der Waals surface area contributed by atoms with Crippen LogP contribution in [-0.2, 0) is 14.3 Å². The van der Waals surface area contributed by atoms with E-state index in [-0.39, 0.29) is 22.5 Å². The molecule has 1 amide bonds. The maximum absolute atomic E-state index is 13.4. The van der Waals surface area contributed by atoms with Crippen molar-refractivity contribution in [3.05, 3.63) is 64.4 Å². The van der Waals surface area contributed by atoms with Crippen molar-refractivity contribution in [2.45, 2.75) is 44.4 Å². The van der Waals surface area contributed by atoms with Crippen molar-refractivity contribution in [1.29, 1.82) is 0 Å². The summed E-state index contributed by atoms with van der Waals surface area (Å²) >= 11 is 6.27. The van der Waals surface area contributed by atoms with Gasteiger partial charge in [0.25, 0.3) is 0 Å². The maximum Gasteiger partial charge on any atom is 0.341 e. The number of carboxylic acids is 1. The van der Waals surface area contributed by atoms with Crippen molar-refractivity contribution in [3.8, 4) is 5.75 Å². The van der Waals surface area contributed by atoms with E-state index < -0.39 is 30.3 Å². The smallest absolute Gasteiger partial charge is 0.341 e. The zero-order chi connectivity index (χ0) is 21.9. The first-order valence-electron chi connectivity index (χ1n) is 9.49. The molecule has 8 heteroatoms. The van der Waals surface area contributed by atoms with E-state index in [0.717, 1.165) is 5.56 Å². The highest BCUT2D eigenvalue weighted by molar-refractivity contribution is 6.32. The average Bonchev–Trinajstić information content (AvgIpc) is 2.65. The second-order valence-corrected chi connectivity index (χ2v) is 8.06. The van der Waals surface area contributed by atoms with Crippen molar-refractivity contribution < 1.29 is 28.6 Å². The van der Waals surface area contributed by atoms with Gasteiger partial charge in [-0.25, -0.2) is 9.18 Å². The lowest BCUT2D eigenvalue weighted by Gasteiger charge is -2.43. The van der Waals surface area contributed by atoms with Gasteiger partial charge in [-0.15, -0.1) is 0 Å². The van der Waals surface area contributed by atoms with Gasteiger partial charge in [0.05, 0.1) is 17.2 Å². The number of para-hydroxylation sites is 1. The molecule has 30 heavy (non-hydrogen) atoms. The third-order valence-corrected chi connectivity index (χ3v) is 5.30. The summed E-state index contributed by atoms with van der Waals surface area (Å²) in [6.45, 7) is 2.82. The molecule has 0 aliphatic carbocycles. The van der Waals surface area contributed by atoms with Crippen LogP contribution in [0.2, 0.25) is 5.02 Å². The number of rotatable bonds is 6. The van der Waals surface area contributed by atoms with Crippen molar-refractivity contribution >= 4 is 23.5 Å². The van der Waals surface area contributed by atoms with Gasteiger partial charge < -0.3 is 19.9 Å². The highest BCUT2D eigenvalue weighted by Gasteiger charge is 2.41. The minimum atomic E-state index is -1.13. The van der Waals surface area contributed by atoms with Crippen LogP contribution in [-0.4, -0.2) is 29.1 Å². The molecule has 3 atom stereocenters. The molecule has 1 heterocycles. The largest absolute Gasteiger partial charge is 0.480 e. The van der Waals surface area contributed by atoms with Gasteiger partial charge in [-0.1, -0.05) is 35.9 Å². The summed E-state index contributed by atoms with van der Waals surface area (Å²) in [5, 5.41) is 12.2. The zero-order valence-corrected chi connectivity index (χ0v) is 17.4. The molecule has 0 spiro atoms. The van der Waals surface area contributed by atoms with Crippen LogP contribution in [0.5, 0.6) is 5.75 Å². The molecule has 0 bridgehead atoms. The normalized spacial score (nSPS) is 23.6. The number of hydrogen-bond acceptors (Lipinski definition) is 4. The Labute approximate surface area is 178 Å². The summed E-state index contributed by atoms with van der Waals surface area (Å²) in [5.74, 6) is -1.42. The fourth-order valence-electron chi connectivity index (χ4n) is 3.85. The SMILES string of the molecule is CC(=O)N[C@]1(C)C[C@@H](c2ccc(F)cc2)O[C@@H](c2cccc(Cl)c2OCC(=O)O)C1. The summed E-state index contributed by atoms with van der Waals surface area (Å²) in [4.78, 5) is 22.8. The first-order chi connectivity index (χ1) is 14.2. The maximum atomic E-state index is 13.4. The lowest BCUT2D eigenvalue weighted by Crippen LogP contribution is -2.50. The summed E-state index contributed by atoms with van der Waals surface area (Å²) in [7, 11) is 0. The third-order valence-electron chi connectivity index (χ3n) is 5.00. The van der Waals surface area contributed by atoms with Gasteiger partial charge in [0.15, 0.2) is 6.61 Å². The highest BCUT2D eigenvalue weighted by Crippen LogP contribution is 2.47. The molecular weight excluding hydrogens is 413 g/mol. The van der Waals surface area contributed by atoms with E-state index in [2.05, 4.69) is 5.32 Å². The van der Waals surface area contributed by atoms with Crippen molar-refractivity contribution in [2.24, 2.45) is 0 Å². The number of benzene rings is 2. The van der Waals surface area contributed by atoms with Crippen LogP contribution in [0.15, 0.2) is 42.5 Å². The topological polar surface area (TPSA) is 84.9 Å². The Morgan fingerprint density at radius 1 is 1.23 bits per heavy atom. The molecule has 0 saturated carbocycles. The number of aliphatic carboxylic acids is 1. The minimum absolute atomic E-state index is 0.176. The highest BCUT2D eigenvalue weighted by atomic mass is 35.5. The molecule has 2 aromatic carbocycles. The molecule has 0 aromatic heterocycles. The van der Waals surface area contributed by atoms with Crippen molar-refractivity contribution in [2.75, 3.05) is 6.61 Å². The van der Waals surface area contributed by atoms with E-state index in [1.807, 2.05) is 6.92 Å². The molecule has 160 valence electrons. The first kappa shape index (κ1) is 22.1. The van der Waals surface area contributed by atoms with E-state index in [0.29, 0.717) is 18.4 Å². The molecule has 2 aromatic rings. The van der Waals surface area contributed by atoms with Crippen molar-refractivity contribution in [3.63, 3.8) is 0 Å². The molecular formula is C22H23ClFNO5. The molecule has 0 unspecified atom stereocenters. The summed E-state index contributed by atoms with van der Waals surface area (Å²) in [6, 6.07) is 11.1. The fourth-order valence-corrected chi connectivity index (χ4v) is 4.08. The van der Waals surface area contributed by atoms with E-state index in [4.69, 9.17) is 26.2 Å². The molecule has 1 fully saturated rings. The second-order valence-electron chi connectivity index (χ2n) is 7.66. The summed E-state index contributed by atoms with van der Waals surface area (Å²) < 4.78 is 25.1. The Morgan fingerprint density at radius 3 is 2.53 bits per heavy atom. The molecule has 3 rings (SSSR count). The fraction of sp³-hybridized carbons (Fsp3) is 0.364. The average molecular weight is 436 g/mol. The van der Waals surface area contributed by atoms with Gasteiger partial charge in [-0.2, -0.15) is 0 Å². The molecule has 1 aliphatic heterocycles. The predicted molar refractivity (Wildman–Crippen MR) is 109 cm³/mol. The van der Waals surface area contributed by atoms with Crippen LogP contribution in [0.1, 0.15) is 50.0 Å². The molecule has 6 nitrogen and oxygen atoms in total. The summed E-state index contributed by atoms with van der Waals surface area (Å²) in [5.41, 5.74) is 0.750. The van der Waals surface area contributed by atoms with E-state index in [9.17, 15) is 14.0 Å². The third kappa shape index (κ3) is 5.29. The van der Waals surface area contributed by atoms with Crippen LogP contribution >= 0.6 is 11.6 Å². The number of ether oxygens (including phenoxy) is 2. The quantitative estimate of drug-likeness (QED) is 0.701. The van der Waals surface area contributed by atoms with Gasteiger partial charge >= 0.3 is 5.97 Å². The summed E-state index contributed by atoms with van der Waals surface area (Å²) in [6.07, 6.45) is -0.0464. The monoisotopic (exact) mass is 435 g/mol. The van der Waals surface area contributed by atoms with E-state index >= 15 is 0 Å². The van der Waals surface area contributed by atoms with Crippen LogP contribution in [0.25, 0.3) is 0 Å².